The molecule has 11 rings (SSSR count). The van der Waals surface area contributed by atoms with E-state index in [0.29, 0.717) is 127 Å². The zero-order valence-electron chi connectivity index (χ0n) is 89.3. The van der Waals surface area contributed by atoms with E-state index in [9.17, 15) is 64.8 Å². The maximum absolute atomic E-state index is 11.2. The van der Waals surface area contributed by atoms with Gasteiger partial charge in [-0.2, -0.15) is 0 Å². The van der Waals surface area contributed by atoms with Crippen LogP contribution in [0.5, 0.6) is 0 Å². The van der Waals surface area contributed by atoms with Crippen LogP contribution >= 0.6 is 248 Å². The van der Waals surface area contributed by atoms with Crippen molar-refractivity contribution in [3.63, 3.8) is 0 Å². The average Bonchev–Trinajstić information content (AvgIpc) is 1.70. The number of halogens is 11. The van der Waals surface area contributed by atoms with Crippen LogP contribution in [0.4, 0.5) is 0 Å². The van der Waals surface area contributed by atoms with Gasteiger partial charge >= 0.3 is 59.7 Å². The number of hydrogen-bond donors (Lipinski definition) is 10. The fourth-order valence-corrected chi connectivity index (χ4v) is 21.8. The Labute approximate surface area is 1030 Å². The lowest BCUT2D eigenvalue weighted by atomic mass is 9.95. The van der Waals surface area contributed by atoms with Gasteiger partial charge in [0.25, 0.3) is 5.82 Å². The predicted octanol–water partition coefficient (Wildman–Crippen LogP) is 3.68. The molecule has 14 N–H and O–H groups in total. The predicted molar refractivity (Wildman–Crippen MR) is 669 cm³/mol. The Balaban J connectivity index is 0.000000557. The largest absolute Gasteiger partial charge is 0.465 e. The van der Waals surface area contributed by atoms with Crippen LogP contribution in [0.25, 0.3) is 11.0 Å². The molecule has 13 atom stereocenters. The number of sulfone groups is 2. The van der Waals surface area contributed by atoms with Crippen LogP contribution in [0.2, 0.25) is 0 Å². The number of aryl methyl sites for hydroxylation is 1. The summed E-state index contributed by atoms with van der Waals surface area (Å²) >= 11 is 22.6. The van der Waals surface area contributed by atoms with Crippen LogP contribution < -0.4 is 50.3 Å². The van der Waals surface area contributed by atoms with Gasteiger partial charge in [0, 0.05) is 82.0 Å². The third kappa shape index (κ3) is 75.3. The normalized spacial score (nSPS) is 22.4. The van der Waals surface area contributed by atoms with Crippen molar-refractivity contribution in [2.45, 2.75) is 248 Å². The number of nitrogens with one attached hydrogen (secondary N) is 8. The molecule has 2 aromatic rings. The second kappa shape index (κ2) is 87.6. The molecule has 9 saturated heterocycles. The van der Waals surface area contributed by atoms with E-state index in [2.05, 4.69) is 205 Å². The lowest BCUT2D eigenvalue weighted by Gasteiger charge is -2.26. The van der Waals surface area contributed by atoms with E-state index >= 15 is 0 Å². The molecule has 0 amide bonds. The Morgan fingerprint density at radius 2 is 0.784 bits per heavy atom. The third-order valence-electron chi connectivity index (χ3n) is 26.3. The molecule has 35 nitrogen and oxygen atoms in total. The molecule has 148 heavy (non-hydrogen) atoms. The number of benzene rings is 1. The summed E-state index contributed by atoms with van der Waals surface area (Å²) in [6.45, 7) is 40.5. The Morgan fingerprint density at radius 1 is 0.378 bits per heavy atom. The molecule has 9 fully saturated rings. The number of nitrogens with two attached hydrogens (primary N) is 3. The molecule has 1 aromatic heterocycles. The number of para-hydroxylation sites is 2. The smallest absolute Gasteiger partial charge is 0.328 e. The Hall–Kier alpha value is 0.960. The standard InChI is InChI=1S/C13H15IN2O2.C10H18INO4S.5C10H18INO2.C9H15I2NO4S.2C9H16INO2/c1-9(14)13(17)18-8-4-7-12-15-10-5-2-3-6-11(10)16-12;1-9(11)10(13)16-6-2-3-12-4-7-17(14,15)8-5-12;1-8(11)10(13)14-7-9-3-5-12(2)6-4-9;1-8(11)10(13)14-7-4-9-2-5-12-6-3-9;1-8(11)10(13)14-7-5-9-4-3-6-12(9)2;1-8(11)10(13)14-7-9-4-3-5-12(2)6-9;1-9(11)10(13)14-8-7-12-5-3-2-4-6-12;10-8(11)9(13)16-5-1-2-12-3-6-17(14,15)7-4-12;1-7(10)9(12)13-6-8-2-4-11-5-3-8;10-7-9(12)13-6-4-8-3-1-2-5-11-8/h2-3,5-6,9H,4,7-8H2,1H3,(H,15,16);9H,2-8H2,1H3;8-9H,3-7H2,1-2H3;8-9,12H,2-7H2,1H3;2*8-9H,3-7H2,1-2H3;9H,2-8H2,1H3;8H,1-7H2;7-8,11H,2-6H2,1H3;8,11H,1-7H2/p+10. The molecule has 0 spiro atoms. The van der Waals surface area contributed by atoms with Gasteiger partial charge in [0.05, 0.1) is 244 Å². The van der Waals surface area contributed by atoms with Crippen molar-refractivity contribution < 1.29 is 162 Å². The number of hydrogen-bond acceptors (Lipinski definition) is 24. The van der Waals surface area contributed by atoms with Gasteiger partial charge in [-0.3, -0.25) is 47.9 Å². The van der Waals surface area contributed by atoms with Gasteiger partial charge in [-0.15, -0.1) is 0 Å². The topological polar surface area (TPSA) is 438 Å². The first-order valence-electron chi connectivity index (χ1n) is 53.1. The summed E-state index contributed by atoms with van der Waals surface area (Å²) in [5, 5.41) is 7.05. The first-order valence-corrected chi connectivity index (χ1v) is 70.8. The van der Waals surface area contributed by atoms with E-state index < -0.39 is 19.7 Å². The van der Waals surface area contributed by atoms with Gasteiger partial charge < -0.3 is 92.7 Å². The molecule has 0 radical (unpaired) electrons. The van der Waals surface area contributed by atoms with E-state index in [1.807, 2.05) is 163 Å². The molecule has 48 heteroatoms. The molecule has 9 aliphatic rings. The molecule has 858 valence electrons. The molecule has 9 aliphatic heterocycles. The van der Waals surface area contributed by atoms with E-state index in [1.165, 1.54) is 185 Å². The highest BCUT2D eigenvalue weighted by Crippen LogP contribution is 2.19. The Morgan fingerprint density at radius 3 is 1.22 bits per heavy atom. The van der Waals surface area contributed by atoms with E-state index in [1.54, 1.807) is 26.5 Å². The van der Waals surface area contributed by atoms with Crippen molar-refractivity contribution in [3.05, 3.63) is 30.1 Å². The van der Waals surface area contributed by atoms with Crippen molar-refractivity contribution in [2.24, 2.45) is 23.7 Å². The highest BCUT2D eigenvalue weighted by Gasteiger charge is 2.31. The van der Waals surface area contributed by atoms with E-state index in [4.69, 9.17) is 47.4 Å². The number of carbonyl (C=O) groups excluding carboxylic acids is 10. The minimum absolute atomic E-state index is 0.0206. The van der Waals surface area contributed by atoms with Crippen LogP contribution in [0.1, 0.15) is 202 Å². The second-order valence-electron chi connectivity index (χ2n) is 39.4. The number of quaternary nitrogens is 9. The summed E-state index contributed by atoms with van der Waals surface area (Å²) in [4.78, 5) is 127. The number of aromatic amines is 2. The highest BCUT2D eigenvalue weighted by molar-refractivity contribution is 14.2. The van der Waals surface area contributed by atoms with Crippen molar-refractivity contribution in [2.75, 3.05) is 239 Å². The first-order chi connectivity index (χ1) is 70.2. The number of fused-ring (bicyclic) bond motifs is 1. The zero-order valence-corrected chi connectivity index (χ0v) is 115. The number of aromatic nitrogens is 2. The fourth-order valence-electron chi connectivity index (χ4n) is 17.0. The minimum Gasteiger partial charge on any atom is -0.465 e. The molecule has 10 heterocycles. The quantitative estimate of drug-likeness (QED) is 0.0150. The summed E-state index contributed by atoms with van der Waals surface area (Å²) in [5.74, 6) is 3.68. The highest BCUT2D eigenvalue weighted by atomic mass is 127. The number of carbonyl (C=O) groups is 10. The second-order valence-corrected chi connectivity index (χ2v) is 64.6. The van der Waals surface area contributed by atoms with Crippen LogP contribution in [0.3, 0.4) is 0 Å². The number of likely N-dealkylation sites (tertiary alicyclic amines) is 4. The number of ether oxygens (including phenoxy) is 10. The summed E-state index contributed by atoms with van der Waals surface area (Å²) in [5.41, 5.74) is 2.20. The third-order valence-corrected chi connectivity index (χ3v) is 35.3. The van der Waals surface area contributed by atoms with Crippen molar-refractivity contribution in [1.29, 1.82) is 0 Å². The summed E-state index contributed by atoms with van der Waals surface area (Å²) in [6.07, 6.45) is 26.7. The zero-order chi connectivity index (χ0) is 110. The number of esters is 10. The van der Waals surface area contributed by atoms with Gasteiger partial charge in [0.1, 0.15) is 44.5 Å². The van der Waals surface area contributed by atoms with Gasteiger partial charge in [0.15, 0.2) is 32.6 Å². The van der Waals surface area contributed by atoms with E-state index in [-0.39, 0.29) is 116 Å². The molecule has 0 saturated carbocycles. The van der Waals surface area contributed by atoms with Crippen molar-refractivity contribution in [1.82, 2.24) is 4.98 Å². The van der Waals surface area contributed by atoms with E-state index in [0.717, 1.165) is 93.9 Å². The lowest BCUT2D eigenvalue weighted by Crippen LogP contribution is -3.14. The number of piperidine rings is 6. The molecule has 1 aromatic carbocycles. The Bertz CT molecular complexity index is 4020. The van der Waals surface area contributed by atoms with Crippen LogP contribution in [-0.2, 0) is 121 Å². The SMILES string of the molecule is CC(I)C(=O)OCC1CCC[NH+](C)C1.CC(I)C(=O)OCC1CC[NH+](C)CC1.CC(I)C(=O)OCC1CC[NH2+]CC1.CC(I)C(=O)OCCC1CCC[NH+]1C.CC(I)C(=O)OCCC1CC[NH2+]CC1.CC(I)C(=O)OCCC[NH+]1CCS(=O)(=O)CC1.CC(I)C(=O)OCCCc1[nH]c2ccccc2[nH+]1.CC(I)C(=O)OCC[NH+]1CCCCC1.O=C(CI)OCCC1CCCC[NH2+]1.O=C(OCCC[NH+]1CCS(=O)(=O)CC1)C(I)I. The maximum Gasteiger partial charge on any atom is 0.328 e. The summed E-state index contributed by atoms with van der Waals surface area (Å²) in [7, 11) is 1.09. The molecule has 13 unspecified atom stereocenters. The van der Waals surface area contributed by atoms with Gasteiger partial charge in [-0.25, -0.2) is 26.8 Å². The average molecular weight is 3380 g/mol. The molecular weight excluding hydrogens is 3200 g/mol. The van der Waals surface area contributed by atoms with Crippen LogP contribution in [-0.4, -0.2) is 366 Å². The maximum atomic E-state index is 11.2. The van der Waals surface area contributed by atoms with Crippen LogP contribution in [0.15, 0.2) is 24.3 Å². The first kappa shape index (κ1) is 145. The summed E-state index contributed by atoms with van der Waals surface area (Å²) < 4.78 is 96.2. The fraction of sp³-hybridized carbons (Fsp3) is 0.830. The van der Waals surface area contributed by atoms with Crippen LogP contribution in [0, 0.1) is 23.7 Å². The molecule has 0 bridgehead atoms. The minimum atomic E-state index is -2.78. The number of alkyl halides is 11. The molecular formula is C100H180I11N11O24S2+10. The van der Waals surface area contributed by atoms with Gasteiger partial charge in [0.2, 0.25) is 0 Å². The van der Waals surface area contributed by atoms with Gasteiger partial charge in [-0.05, 0) is 150 Å². The lowest BCUT2D eigenvalue weighted by molar-refractivity contribution is -0.905. The number of rotatable bonds is 40. The number of H-pyrrole nitrogens is 2. The molecule has 0 aliphatic carbocycles. The van der Waals surface area contributed by atoms with Crippen molar-refractivity contribution >= 4 is 339 Å². The Kier molecular flexibility index (Phi) is 85.9. The monoisotopic (exact) mass is 3380 g/mol. The van der Waals surface area contributed by atoms with Crippen molar-refractivity contribution in [3.8, 4) is 0 Å². The van der Waals surface area contributed by atoms with Gasteiger partial charge in [-0.1, -0.05) is 261 Å². The summed E-state index contributed by atoms with van der Waals surface area (Å²) in [6, 6.07) is 9.46. The number of imidazole rings is 1.